The number of benzene rings is 2. The van der Waals surface area contributed by atoms with Gasteiger partial charge in [-0.05, 0) is 62.1 Å². The van der Waals surface area contributed by atoms with Crippen molar-refractivity contribution in [2.75, 3.05) is 4.72 Å². The van der Waals surface area contributed by atoms with Crippen LogP contribution < -0.4 is 4.72 Å². The number of rotatable bonds is 5. The number of aryl methyl sites for hydroxylation is 3. The van der Waals surface area contributed by atoms with E-state index in [9.17, 15) is 8.42 Å². The van der Waals surface area contributed by atoms with Gasteiger partial charge in [0.25, 0.3) is 10.0 Å². The summed E-state index contributed by atoms with van der Waals surface area (Å²) in [5, 5.41) is 4.63. The fourth-order valence-corrected chi connectivity index (χ4v) is 5.32. The van der Waals surface area contributed by atoms with Crippen LogP contribution in [0.1, 0.15) is 42.1 Å². The number of hydrogen-bond acceptors (Lipinski definition) is 3. The minimum atomic E-state index is -3.77. The average molecular weight is 462 g/mol. The van der Waals surface area contributed by atoms with E-state index in [1.165, 1.54) is 0 Å². The Kier molecular flexibility index (Phi) is 5.68. The number of aromatic nitrogens is 2. The van der Waals surface area contributed by atoms with E-state index in [-0.39, 0.29) is 5.92 Å². The maximum absolute atomic E-state index is 13.2. The molecule has 0 aliphatic heterocycles. The molecule has 3 aromatic rings. The monoisotopic (exact) mass is 461 g/mol. The van der Waals surface area contributed by atoms with Crippen LogP contribution >= 0.6 is 15.9 Å². The summed E-state index contributed by atoms with van der Waals surface area (Å²) < 4.78 is 31.7. The molecule has 0 saturated carbocycles. The first-order valence-electron chi connectivity index (χ1n) is 9.05. The van der Waals surface area contributed by atoms with E-state index in [2.05, 4.69) is 25.8 Å². The van der Waals surface area contributed by atoms with E-state index >= 15 is 0 Å². The van der Waals surface area contributed by atoms with Gasteiger partial charge in [0, 0.05) is 10.5 Å². The molecular formula is C21H24BrN3O2S. The molecule has 0 amide bonds. The second-order valence-corrected chi connectivity index (χ2v) is 9.87. The van der Waals surface area contributed by atoms with Crippen LogP contribution in [0.15, 0.2) is 51.8 Å². The quantitative estimate of drug-likeness (QED) is 0.546. The standard InChI is InChI=1S/C21H24BrN3O2S/c1-13(2)19-12-20(25(23-19)18-8-6-14(3)7-9-18)24-28(26,27)21-15(4)10-17(22)11-16(21)5/h6-13,24H,1-5H3. The fourth-order valence-electron chi connectivity index (χ4n) is 3.15. The first-order valence-corrected chi connectivity index (χ1v) is 11.3. The molecule has 0 aliphatic rings. The Morgan fingerprint density at radius 1 is 1.00 bits per heavy atom. The van der Waals surface area contributed by atoms with Crippen molar-refractivity contribution in [3.63, 3.8) is 0 Å². The van der Waals surface area contributed by atoms with Gasteiger partial charge in [-0.15, -0.1) is 0 Å². The van der Waals surface area contributed by atoms with Crippen LogP contribution in [0.2, 0.25) is 0 Å². The smallest absolute Gasteiger partial charge is 0.263 e. The van der Waals surface area contributed by atoms with Gasteiger partial charge in [-0.2, -0.15) is 5.10 Å². The third kappa shape index (κ3) is 4.15. The fraction of sp³-hybridized carbons (Fsp3) is 0.286. The Hall–Kier alpha value is -2.12. The zero-order valence-electron chi connectivity index (χ0n) is 16.6. The van der Waals surface area contributed by atoms with Gasteiger partial charge in [-0.25, -0.2) is 13.1 Å². The number of anilines is 1. The van der Waals surface area contributed by atoms with E-state index in [0.717, 1.165) is 21.4 Å². The molecule has 3 rings (SSSR count). The highest BCUT2D eigenvalue weighted by Gasteiger charge is 2.23. The maximum atomic E-state index is 13.2. The molecule has 1 N–H and O–H groups in total. The normalized spacial score (nSPS) is 11.8. The molecule has 0 bridgehead atoms. The SMILES string of the molecule is Cc1ccc(-n2nc(C(C)C)cc2NS(=O)(=O)c2c(C)cc(Br)cc2C)cc1. The van der Waals surface area contributed by atoms with Gasteiger partial charge in [0.1, 0.15) is 5.82 Å². The summed E-state index contributed by atoms with van der Waals surface area (Å²) in [6.45, 7) is 9.66. The summed E-state index contributed by atoms with van der Waals surface area (Å²) in [7, 11) is -3.77. The van der Waals surface area contributed by atoms with Crippen molar-refractivity contribution in [3.05, 3.63) is 69.3 Å². The number of hydrogen-bond donors (Lipinski definition) is 1. The van der Waals surface area contributed by atoms with Crippen LogP contribution in [0.5, 0.6) is 0 Å². The van der Waals surface area contributed by atoms with E-state index in [0.29, 0.717) is 21.8 Å². The zero-order valence-corrected chi connectivity index (χ0v) is 19.0. The lowest BCUT2D eigenvalue weighted by Crippen LogP contribution is -2.18. The van der Waals surface area contributed by atoms with Crippen molar-refractivity contribution in [2.45, 2.75) is 45.4 Å². The predicted molar refractivity (Wildman–Crippen MR) is 117 cm³/mol. The van der Waals surface area contributed by atoms with Crippen LogP contribution in [0.3, 0.4) is 0 Å². The molecule has 0 atom stereocenters. The topological polar surface area (TPSA) is 64.0 Å². The maximum Gasteiger partial charge on any atom is 0.263 e. The van der Waals surface area contributed by atoms with Crippen LogP contribution in [-0.4, -0.2) is 18.2 Å². The van der Waals surface area contributed by atoms with Crippen LogP contribution in [-0.2, 0) is 10.0 Å². The minimum absolute atomic E-state index is 0.172. The van der Waals surface area contributed by atoms with Gasteiger partial charge in [-0.3, -0.25) is 4.72 Å². The van der Waals surface area contributed by atoms with E-state index in [4.69, 9.17) is 0 Å². The molecule has 0 spiro atoms. The third-order valence-corrected chi connectivity index (χ3v) is 6.65. The van der Waals surface area contributed by atoms with E-state index < -0.39 is 10.0 Å². The lowest BCUT2D eigenvalue weighted by atomic mass is 10.1. The van der Waals surface area contributed by atoms with Crippen molar-refractivity contribution < 1.29 is 8.42 Å². The Balaban J connectivity index is 2.10. The Bertz CT molecular complexity index is 1090. The minimum Gasteiger partial charge on any atom is -0.263 e. The molecule has 0 fully saturated rings. The summed E-state index contributed by atoms with van der Waals surface area (Å²) >= 11 is 3.42. The molecule has 148 valence electrons. The summed E-state index contributed by atoms with van der Waals surface area (Å²) in [6.07, 6.45) is 0. The molecule has 0 unspecified atom stereocenters. The van der Waals surface area contributed by atoms with E-state index in [1.54, 1.807) is 36.7 Å². The van der Waals surface area contributed by atoms with Crippen molar-refractivity contribution in [3.8, 4) is 5.69 Å². The molecule has 2 aromatic carbocycles. The summed E-state index contributed by atoms with van der Waals surface area (Å²) in [4.78, 5) is 0.290. The summed E-state index contributed by atoms with van der Waals surface area (Å²) in [5.41, 5.74) is 4.12. The van der Waals surface area contributed by atoms with Gasteiger partial charge in [-0.1, -0.05) is 47.5 Å². The number of nitrogens with zero attached hydrogens (tertiary/aromatic N) is 2. The Morgan fingerprint density at radius 2 is 1.57 bits per heavy atom. The predicted octanol–water partition coefficient (Wildman–Crippen LogP) is 5.48. The highest BCUT2D eigenvalue weighted by Crippen LogP contribution is 2.29. The van der Waals surface area contributed by atoms with Crippen molar-refractivity contribution in [1.29, 1.82) is 0 Å². The highest BCUT2D eigenvalue weighted by molar-refractivity contribution is 9.10. The molecule has 28 heavy (non-hydrogen) atoms. The van der Waals surface area contributed by atoms with Crippen molar-refractivity contribution in [2.24, 2.45) is 0 Å². The van der Waals surface area contributed by atoms with E-state index in [1.807, 2.05) is 45.0 Å². The molecule has 7 heteroatoms. The van der Waals surface area contributed by atoms with Crippen molar-refractivity contribution in [1.82, 2.24) is 9.78 Å². The summed E-state index contributed by atoms with van der Waals surface area (Å²) in [6, 6.07) is 13.2. The van der Waals surface area contributed by atoms with Gasteiger partial charge in [0.15, 0.2) is 0 Å². The molecule has 1 heterocycles. The van der Waals surface area contributed by atoms with Gasteiger partial charge >= 0.3 is 0 Å². The number of nitrogens with one attached hydrogen (secondary N) is 1. The molecular weight excluding hydrogens is 438 g/mol. The Labute approximate surface area is 175 Å². The third-order valence-electron chi connectivity index (χ3n) is 4.53. The van der Waals surface area contributed by atoms with Crippen LogP contribution in [0.4, 0.5) is 5.82 Å². The van der Waals surface area contributed by atoms with Gasteiger partial charge in [0.05, 0.1) is 16.3 Å². The summed E-state index contributed by atoms with van der Waals surface area (Å²) in [5.74, 6) is 0.598. The van der Waals surface area contributed by atoms with Crippen molar-refractivity contribution >= 4 is 31.8 Å². The lowest BCUT2D eigenvalue weighted by molar-refractivity contribution is 0.599. The molecule has 0 radical (unpaired) electrons. The Morgan fingerprint density at radius 3 is 2.11 bits per heavy atom. The molecule has 1 aromatic heterocycles. The molecule has 0 aliphatic carbocycles. The van der Waals surface area contributed by atoms with Crippen LogP contribution in [0, 0.1) is 20.8 Å². The molecule has 0 saturated heterocycles. The van der Waals surface area contributed by atoms with Gasteiger partial charge in [0.2, 0.25) is 0 Å². The first kappa shape index (κ1) is 20.6. The van der Waals surface area contributed by atoms with Gasteiger partial charge < -0.3 is 0 Å². The highest BCUT2D eigenvalue weighted by atomic mass is 79.9. The zero-order chi connectivity index (χ0) is 20.6. The molecule has 5 nitrogen and oxygen atoms in total. The number of sulfonamides is 1. The largest absolute Gasteiger partial charge is 0.263 e. The average Bonchev–Trinajstić information content (AvgIpc) is 2.97. The number of halogens is 1. The lowest BCUT2D eigenvalue weighted by Gasteiger charge is -2.14. The van der Waals surface area contributed by atoms with Crippen LogP contribution in [0.25, 0.3) is 5.69 Å². The first-order chi connectivity index (χ1) is 13.1. The second-order valence-electron chi connectivity index (χ2n) is 7.33. The second kappa shape index (κ2) is 7.72.